The number of methoxy groups -OCH3 is 1. The van der Waals surface area contributed by atoms with Crippen molar-refractivity contribution in [2.75, 3.05) is 14.2 Å². The molecule has 11 heteroatoms. The van der Waals surface area contributed by atoms with E-state index in [0.29, 0.717) is 22.8 Å². The first-order valence-electron chi connectivity index (χ1n) is 9.02. The molecule has 0 radical (unpaired) electrons. The molecule has 0 unspecified atom stereocenters. The van der Waals surface area contributed by atoms with Crippen molar-refractivity contribution in [2.24, 2.45) is 10.3 Å². The first-order chi connectivity index (χ1) is 15.0. The van der Waals surface area contributed by atoms with Gasteiger partial charge in [-0.15, -0.1) is 0 Å². The molecule has 0 aromatic heterocycles. The highest BCUT2D eigenvalue weighted by molar-refractivity contribution is 6.43. The molecule has 0 atom stereocenters. The Morgan fingerprint density at radius 1 is 1.06 bits per heavy atom. The van der Waals surface area contributed by atoms with Crippen LogP contribution in [0.3, 0.4) is 0 Å². The molecule has 0 spiro atoms. The van der Waals surface area contributed by atoms with Crippen molar-refractivity contribution in [1.82, 2.24) is 0 Å². The Hall–Kier alpha value is -3.50. The van der Waals surface area contributed by atoms with Gasteiger partial charge in [0.15, 0.2) is 17.3 Å². The minimum atomic E-state index is -4.87. The molecule has 0 aliphatic heterocycles. The van der Waals surface area contributed by atoms with Crippen molar-refractivity contribution in [2.45, 2.75) is 26.6 Å². The predicted molar refractivity (Wildman–Crippen MR) is 105 cm³/mol. The second kappa shape index (κ2) is 10.2. The van der Waals surface area contributed by atoms with E-state index >= 15 is 0 Å². The third-order valence-electron chi connectivity index (χ3n) is 4.38. The summed E-state index contributed by atoms with van der Waals surface area (Å²) in [5, 5.41) is 7.29. The summed E-state index contributed by atoms with van der Waals surface area (Å²) in [5.74, 6) is -3.93. The fourth-order valence-electron chi connectivity index (χ4n) is 2.76. The summed E-state index contributed by atoms with van der Waals surface area (Å²) in [6.07, 6.45) is -4.87. The van der Waals surface area contributed by atoms with Crippen LogP contribution in [-0.2, 0) is 32.0 Å². The summed E-state index contributed by atoms with van der Waals surface area (Å²) >= 11 is 0. The van der Waals surface area contributed by atoms with Gasteiger partial charge in [-0.2, -0.15) is 13.2 Å². The van der Waals surface area contributed by atoms with E-state index in [1.807, 2.05) is 0 Å². The summed E-state index contributed by atoms with van der Waals surface area (Å²) in [6, 6.07) is 5.43. The zero-order chi connectivity index (χ0) is 24.1. The third kappa shape index (κ3) is 5.59. The molecule has 0 saturated carbocycles. The standard InChI is InChI=1S/C21H19F5N2O4/c1-11-6-5-7-14(19(28-31-4)20(29)30-3)16(11)10-32-27-12(2)15-8-13(21(24,25)26)9-17(22)18(15)23/h5-9H,10H2,1-4H3/b27-12+,28-19+. The SMILES string of the molecule is CO/N=C(/C(=O)OC)c1cccc(C)c1CO/N=C(\C)c1cc(C(F)(F)F)cc(F)c1F. The quantitative estimate of drug-likeness (QED) is 0.260. The van der Waals surface area contributed by atoms with E-state index in [1.165, 1.54) is 14.0 Å². The van der Waals surface area contributed by atoms with Crippen LogP contribution in [-0.4, -0.2) is 31.6 Å². The first-order valence-corrected chi connectivity index (χ1v) is 9.02. The van der Waals surface area contributed by atoms with Crippen LogP contribution in [0, 0.1) is 18.6 Å². The fraction of sp³-hybridized carbons (Fsp3) is 0.286. The topological polar surface area (TPSA) is 69.5 Å². The number of nitrogens with zero attached hydrogens (tertiary/aromatic N) is 2. The van der Waals surface area contributed by atoms with Gasteiger partial charge in [-0.1, -0.05) is 28.5 Å². The Morgan fingerprint density at radius 3 is 2.34 bits per heavy atom. The number of hydrogen-bond donors (Lipinski definition) is 0. The number of benzene rings is 2. The maximum atomic E-state index is 14.1. The number of carbonyl (C=O) groups excluding carboxylic acids is 1. The highest BCUT2D eigenvalue weighted by Gasteiger charge is 2.33. The van der Waals surface area contributed by atoms with E-state index < -0.39 is 34.9 Å². The molecule has 0 N–H and O–H groups in total. The Bertz CT molecular complexity index is 1060. The largest absolute Gasteiger partial charge is 0.464 e. The molecule has 0 aliphatic rings. The lowest BCUT2D eigenvalue weighted by molar-refractivity contribution is -0.138. The van der Waals surface area contributed by atoms with Gasteiger partial charge in [0.1, 0.15) is 13.7 Å². The van der Waals surface area contributed by atoms with Crippen molar-refractivity contribution < 1.29 is 41.2 Å². The summed E-state index contributed by atoms with van der Waals surface area (Å²) in [5.41, 5.74) is -1.10. The van der Waals surface area contributed by atoms with Gasteiger partial charge in [-0.25, -0.2) is 13.6 Å². The number of aryl methyl sites for hydroxylation is 1. The van der Waals surface area contributed by atoms with Crippen LogP contribution >= 0.6 is 0 Å². The number of ether oxygens (including phenoxy) is 1. The molecule has 2 rings (SSSR count). The van der Waals surface area contributed by atoms with E-state index in [4.69, 9.17) is 9.57 Å². The summed E-state index contributed by atoms with van der Waals surface area (Å²) in [7, 11) is 2.40. The number of oxime groups is 2. The average Bonchev–Trinajstić information content (AvgIpc) is 2.73. The van der Waals surface area contributed by atoms with Crippen LogP contribution in [0.4, 0.5) is 22.0 Å². The molecule has 0 bridgehead atoms. The van der Waals surface area contributed by atoms with Crippen molar-refractivity contribution in [1.29, 1.82) is 0 Å². The Kier molecular flexibility index (Phi) is 7.90. The van der Waals surface area contributed by atoms with Crippen molar-refractivity contribution in [3.05, 3.63) is 69.8 Å². The van der Waals surface area contributed by atoms with Crippen molar-refractivity contribution >= 4 is 17.4 Å². The van der Waals surface area contributed by atoms with Gasteiger partial charge in [0.25, 0.3) is 0 Å². The molecule has 32 heavy (non-hydrogen) atoms. The minimum absolute atomic E-state index is 0.0655. The van der Waals surface area contributed by atoms with Gasteiger partial charge in [0, 0.05) is 16.7 Å². The maximum absolute atomic E-state index is 14.1. The van der Waals surface area contributed by atoms with Gasteiger partial charge in [0.2, 0.25) is 0 Å². The number of rotatable bonds is 7. The number of hydrogen-bond acceptors (Lipinski definition) is 6. The monoisotopic (exact) mass is 458 g/mol. The number of halogens is 5. The number of carbonyl (C=O) groups is 1. The smallest absolute Gasteiger partial charge is 0.416 e. The summed E-state index contributed by atoms with van der Waals surface area (Å²) in [6.45, 7) is 2.62. The van der Waals surface area contributed by atoms with Crippen molar-refractivity contribution in [3.8, 4) is 0 Å². The van der Waals surface area contributed by atoms with E-state index in [-0.39, 0.29) is 24.1 Å². The molecular weight excluding hydrogens is 439 g/mol. The van der Waals surface area contributed by atoms with Gasteiger partial charge in [-0.05, 0) is 31.5 Å². The highest BCUT2D eigenvalue weighted by atomic mass is 19.4. The molecule has 172 valence electrons. The molecule has 0 aliphatic carbocycles. The fourth-order valence-corrected chi connectivity index (χ4v) is 2.76. The van der Waals surface area contributed by atoms with Crippen LogP contribution in [0.5, 0.6) is 0 Å². The van der Waals surface area contributed by atoms with E-state index in [1.54, 1.807) is 25.1 Å². The molecule has 6 nitrogen and oxygen atoms in total. The Labute approximate surface area is 180 Å². The van der Waals surface area contributed by atoms with Gasteiger partial charge < -0.3 is 14.4 Å². The second-order valence-corrected chi connectivity index (χ2v) is 6.48. The van der Waals surface area contributed by atoms with Gasteiger partial charge in [-0.3, -0.25) is 0 Å². The maximum Gasteiger partial charge on any atom is 0.416 e. The average molecular weight is 458 g/mol. The lowest BCUT2D eigenvalue weighted by atomic mass is 9.99. The zero-order valence-electron chi connectivity index (χ0n) is 17.5. The van der Waals surface area contributed by atoms with E-state index in [2.05, 4.69) is 15.1 Å². The van der Waals surface area contributed by atoms with Gasteiger partial charge in [0.05, 0.1) is 18.4 Å². The lowest BCUT2D eigenvalue weighted by Crippen LogP contribution is -2.20. The Balaban J connectivity index is 2.38. The summed E-state index contributed by atoms with van der Waals surface area (Å²) < 4.78 is 71.2. The predicted octanol–water partition coefficient (Wildman–Crippen LogP) is 4.76. The van der Waals surface area contributed by atoms with Crippen LogP contribution in [0.15, 0.2) is 40.6 Å². The van der Waals surface area contributed by atoms with Crippen LogP contribution in [0.25, 0.3) is 0 Å². The molecule has 2 aromatic rings. The minimum Gasteiger partial charge on any atom is -0.464 e. The Morgan fingerprint density at radius 2 is 1.75 bits per heavy atom. The second-order valence-electron chi connectivity index (χ2n) is 6.48. The molecule has 0 saturated heterocycles. The molecule has 0 amide bonds. The molecule has 0 heterocycles. The highest BCUT2D eigenvalue weighted by Crippen LogP contribution is 2.31. The van der Waals surface area contributed by atoms with Crippen LogP contribution in [0.1, 0.15) is 34.7 Å². The molecule has 2 aromatic carbocycles. The number of esters is 1. The van der Waals surface area contributed by atoms with Gasteiger partial charge >= 0.3 is 12.1 Å². The van der Waals surface area contributed by atoms with E-state index in [9.17, 15) is 26.7 Å². The summed E-state index contributed by atoms with van der Waals surface area (Å²) in [4.78, 5) is 21.9. The zero-order valence-corrected chi connectivity index (χ0v) is 17.5. The number of alkyl halides is 3. The third-order valence-corrected chi connectivity index (χ3v) is 4.38. The van der Waals surface area contributed by atoms with E-state index in [0.717, 1.165) is 7.11 Å². The molecular formula is C21H19F5N2O4. The lowest BCUT2D eigenvalue weighted by Gasteiger charge is -2.13. The van der Waals surface area contributed by atoms with Crippen LogP contribution in [0.2, 0.25) is 0 Å². The molecule has 0 fully saturated rings. The van der Waals surface area contributed by atoms with Crippen molar-refractivity contribution in [3.63, 3.8) is 0 Å². The van der Waals surface area contributed by atoms with Crippen LogP contribution < -0.4 is 0 Å². The first kappa shape index (κ1) is 24.8. The normalized spacial score (nSPS) is 12.5.